The van der Waals surface area contributed by atoms with Gasteiger partial charge in [-0.05, 0) is 49.4 Å². The van der Waals surface area contributed by atoms with Crippen LogP contribution in [0.25, 0.3) is 0 Å². The largest absolute Gasteiger partial charge is 0.386 e. The summed E-state index contributed by atoms with van der Waals surface area (Å²) in [5.74, 6) is 0. The normalized spacial score (nSPS) is 13.8. The number of nitrogens with zero attached hydrogens (tertiary/aromatic N) is 1. The zero-order valence-corrected chi connectivity index (χ0v) is 14.6. The number of aliphatic hydroxyl groups is 2. The lowest BCUT2D eigenvalue weighted by Gasteiger charge is -2.17. The highest BCUT2D eigenvalue weighted by Gasteiger charge is 2.24. The van der Waals surface area contributed by atoms with Gasteiger partial charge < -0.3 is 15.5 Å². The van der Waals surface area contributed by atoms with Gasteiger partial charge in [-0.25, -0.2) is 8.42 Å². The van der Waals surface area contributed by atoms with Crippen LogP contribution in [0.1, 0.15) is 25.0 Å². The first-order chi connectivity index (χ1) is 10.6. The Morgan fingerprint density at radius 1 is 1.39 bits per heavy atom. The molecule has 1 unspecified atom stereocenters. The maximum atomic E-state index is 12.3. The Morgan fingerprint density at radius 3 is 2.65 bits per heavy atom. The standard InChI is InChI=1S/C14H19N3O4S2/c1-9-7-15-5-4-11(9)16-13(18)17-23(20,21)12-6-10(8-22-12)14(2,3)19/h4-8,13,17-19H,1-3H3,(H,15,16). The summed E-state index contributed by atoms with van der Waals surface area (Å²) in [5.41, 5.74) is 0.704. The first-order valence-electron chi connectivity index (χ1n) is 6.78. The van der Waals surface area contributed by atoms with Gasteiger partial charge in [0.1, 0.15) is 4.21 Å². The summed E-state index contributed by atoms with van der Waals surface area (Å²) in [5, 5.41) is 24.0. The average molecular weight is 357 g/mol. The van der Waals surface area contributed by atoms with Gasteiger partial charge in [-0.2, -0.15) is 4.72 Å². The molecule has 126 valence electrons. The number of hydrogen-bond acceptors (Lipinski definition) is 7. The summed E-state index contributed by atoms with van der Waals surface area (Å²) in [6.45, 7) is 4.93. The van der Waals surface area contributed by atoms with Crippen molar-refractivity contribution >= 4 is 27.0 Å². The van der Waals surface area contributed by atoms with Crippen molar-refractivity contribution in [3.8, 4) is 0 Å². The first kappa shape index (κ1) is 17.8. The molecule has 2 rings (SSSR count). The van der Waals surface area contributed by atoms with Gasteiger partial charge in [0, 0.05) is 18.1 Å². The minimum atomic E-state index is -3.90. The van der Waals surface area contributed by atoms with E-state index >= 15 is 0 Å². The minimum Gasteiger partial charge on any atom is -0.386 e. The molecule has 0 aliphatic carbocycles. The maximum absolute atomic E-state index is 12.3. The lowest BCUT2D eigenvalue weighted by molar-refractivity contribution is 0.0789. The van der Waals surface area contributed by atoms with Crippen molar-refractivity contribution in [3.05, 3.63) is 41.0 Å². The van der Waals surface area contributed by atoms with Crippen LogP contribution in [0.5, 0.6) is 0 Å². The zero-order valence-electron chi connectivity index (χ0n) is 12.9. The summed E-state index contributed by atoms with van der Waals surface area (Å²) in [6, 6.07) is 3.02. The van der Waals surface area contributed by atoms with E-state index in [1.54, 1.807) is 38.4 Å². The van der Waals surface area contributed by atoms with Gasteiger partial charge in [0.05, 0.1) is 5.60 Å². The van der Waals surface area contributed by atoms with Gasteiger partial charge in [-0.3, -0.25) is 4.98 Å². The molecule has 0 aromatic carbocycles. The molecule has 0 spiro atoms. The van der Waals surface area contributed by atoms with Crippen molar-refractivity contribution in [3.63, 3.8) is 0 Å². The Hall–Kier alpha value is -1.52. The van der Waals surface area contributed by atoms with E-state index in [0.717, 1.165) is 16.9 Å². The molecule has 23 heavy (non-hydrogen) atoms. The van der Waals surface area contributed by atoms with Gasteiger partial charge in [-0.1, -0.05) is 0 Å². The Morgan fingerprint density at radius 2 is 2.09 bits per heavy atom. The molecule has 0 saturated heterocycles. The van der Waals surface area contributed by atoms with E-state index < -0.39 is 22.0 Å². The molecule has 4 N–H and O–H groups in total. The number of anilines is 1. The van der Waals surface area contributed by atoms with Gasteiger partial charge in [0.25, 0.3) is 10.0 Å². The molecule has 0 aliphatic rings. The van der Waals surface area contributed by atoms with E-state index in [1.165, 1.54) is 12.3 Å². The van der Waals surface area contributed by atoms with E-state index in [9.17, 15) is 18.6 Å². The smallest absolute Gasteiger partial charge is 0.253 e. The summed E-state index contributed by atoms with van der Waals surface area (Å²) < 4.78 is 26.7. The highest BCUT2D eigenvalue weighted by Crippen LogP contribution is 2.28. The topological polar surface area (TPSA) is 112 Å². The summed E-state index contributed by atoms with van der Waals surface area (Å²) in [4.78, 5) is 3.92. The predicted molar refractivity (Wildman–Crippen MR) is 88.5 cm³/mol. The molecule has 0 amide bonds. The van der Waals surface area contributed by atoms with Gasteiger partial charge in [0.2, 0.25) is 0 Å². The quantitative estimate of drug-likeness (QED) is 0.581. The van der Waals surface area contributed by atoms with Crippen molar-refractivity contribution in [2.75, 3.05) is 5.32 Å². The second kappa shape index (κ2) is 6.54. The van der Waals surface area contributed by atoms with E-state index in [2.05, 4.69) is 15.0 Å². The lowest BCUT2D eigenvalue weighted by Crippen LogP contribution is -2.40. The molecule has 0 bridgehead atoms. The number of aromatic nitrogens is 1. The average Bonchev–Trinajstić information content (AvgIpc) is 2.91. The second-order valence-electron chi connectivity index (χ2n) is 5.57. The second-order valence-corrected chi connectivity index (χ2v) is 8.42. The molecular weight excluding hydrogens is 338 g/mol. The zero-order chi connectivity index (χ0) is 17.3. The van der Waals surface area contributed by atoms with E-state index in [0.29, 0.717) is 11.3 Å². The summed E-state index contributed by atoms with van der Waals surface area (Å²) >= 11 is 0.975. The van der Waals surface area contributed by atoms with Crippen molar-refractivity contribution in [1.82, 2.24) is 9.71 Å². The summed E-state index contributed by atoms with van der Waals surface area (Å²) in [7, 11) is -3.90. The van der Waals surface area contributed by atoms with Crippen molar-refractivity contribution in [1.29, 1.82) is 0 Å². The monoisotopic (exact) mass is 357 g/mol. The third kappa shape index (κ3) is 4.49. The number of pyridine rings is 1. The Kier molecular flexibility index (Phi) is 5.07. The fourth-order valence-electron chi connectivity index (χ4n) is 1.80. The lowest BCUT2D eigenvalue weighted by atomic mass is 10.0. The number of rotatable bonds is 6. The molecule has 0 saturated carbocycles. The van der Waals surface area contributed by atoms with Crippen LogP contribution >= 0.6 is 11.3 Å². The van der Waals surface area contributed by atoms with Gasteiger partial charge in [-0.15, -0.1) is 11.3 Å². The third-order valence-corrected chi connectivity index (χ3v) is 5.98. The third-order valence-electron chi connectivity index (χ3n) is 3.13. The molecule has 0 fully saturated rings. The van der Waals surface area contributed by atoms with E-state index in [4.69, 9.17) is 0 Å². The van der Waals surface area contributed by atoms with Crippen LogP contribution in [-0.2, 0) is 15.6 Å². The predicted octanol–water partition coefficient (Wildman–Crippen LogP) is 1.35. The van der Waals surface area contributed by atoms with Crippen molar-refractivity contribution in [2.45, 2.75) is 36.9 Å². The Balaban J connectivity index is 2.12. The number of hydrogen-bond donors (Lipinski definition) is 4. The van der Waals surface area contributed by atoms with Crippen molar-refractivity contribution in [2.24, 2.45) is 0 Å². The molecule has 9 heteroatoms. The Bertz CT molecular complexity index is 781. The molecule has 2 aromatic heterocycles. The highest BCUT2D eigenvalue weighted by atomic mass is 32.2. The van der Waals surface area contributed by atoms with Gasteiger partial charge in [0.15, 0.2) is 6.35 Å². The van der Waals surface area contributed by atoms with Crippen LogP contribution < -0.4 is 10.0 Å². The van der Waals surface area contributed by atoms with Gasteiger partial charge >= 0.3 is 0 Å². The first-order valence-corrected chi connectivity index (χ1v) is 9.15. The van der Waals surface area contributed by atoms with Crippen molar-refractivity contribution < 1.29 is 18.6 Å². The van der Waals surface area contributed by atoms with Crippen LogP contribution in [0.3, 0.4) is 0 Å². The fourth-order valence-corrected chi connectivity index (χ4v) is 4.14. The molecule has 2 heterocycles. The number of thiophene rings is 1. The summed E-state index contributed by atoms with van der Waals surface area (Å²) in [6.07, 6.45) is 1.64. The molecule has 0 radical (unpaired) electrons. The minimum absolute atomic E-state index is 0.0157. The van der Waals surface area contributed by atoms with Crippen LogP contribution in [0.4, 0.5) is 5.69 Å². The fraction of sp³-hybridized carbons (Fsp3) is 0.357. The van der Waals surface area contributed by atoms with E-state index in [-0.39, 0.29) is 4.21 Å². The number of sulfonamides is 1. The number of aliphatic hydroxyl groups excluding tert-OH is 1. The molecule has 7 nitrogen and oxygen atoms in total. The van der Waals surface area contributed by atoms with Crippen LogP contribution in [-0.4, -0.2) is 30.0 Å². The molecular formula is C14H19N3O4S2. The SMILES string of the molecule is Cc1cnccc1NC(O)NS(=O)(=O)c1cc(C(C)(C)O)cs1. The van der Waals surface area contributed by atoms with E-state index in [1.807, 2.05) is 0 Å². The van der Waals surface area contributed by atoms with Crippen LogP contribution in [0, 0.1) is 6.92 Å². The number of nitrogens with one attached hydrogen (secondary N) is 2. The van der Waals surface area contributed by atoms with Crippen LogP contribution in [0.15, 0.2) is 34.1 Å². The van der Waals surface area contributed by atoms with Crippen LogP contribution in [0.2, 0.25) is 0 Å². The maximum Gasteiger partial charge on any atom is 0.253 e. The number of aryl methyl sites for hydroxylation is 1. The molecule has 2 aromatic rings. The molecule has 0 aliphatic heterocycles. The highest BCUT2D eigenvalue weighted by molar-refractivity contribution is 7.91. The Labute approximate surface area is 139 Å². The molecule has 1 atom stereocenters.